The number of carboxylic acid groups (broad SMARTS) is 2. The summed E-state index contributed by atoms with van der Waals surface area (Å²) in [7, 11) is 0. The molecule has 16 heteroatoms. The van der Waals surface area contributed by atoms with Crippen LogP contribution < -0.4 is 10.2 Å². The number of nitrogens with one attached hydrogen (secondary N) is 1. The van der Waals surface area contributed by atoms with Crippen molar-refractivity contribution < 1.29 is 50.9 Å². The smallest absolute Gasteiger partial charge is 0.475 e. The molecule has 0 radical (unpaired) electrons. The summed E-state index contributed by atoms with van der Waals surface area (Å²) < 4.78 is 69.6. The lowest BCUT2D eigenvalue weighted by Crippen LogP contribution is -2.65. The predicted molar refractivity (Wildman–Crippen MR) is 116 cm³/mol. The van der Waals surface area contributed by atoms with Crippen LogP contribution in [0.25, 0.3) is 0 Å². The van der Waals surface area contributed by atoms with Crippen LogP contribution in [0.5, 0.6) is 0 Å². The molecule has 2 aliphatic rings. The van der Waals surface area contributed by atoms with E-state index in [2.05, 4.69) is 25.2 Å². The lowest BCUT2D eigenvalue weighted by Gasteiger charge is -2.50. The van der Waals surface area contributed by atoms with Crippen molar-refractivity contribution >= 4 is 23.7 Å². The van der Waals surface area contributed by atoms with Crippen molar-refractivity contribution in [3.05, 3.63) is 42.9 Å². The molecule has 0 aromatic carbocycles. The monoisotopic (exact) mass is 539 g/mol. The fourth-order valence-corrected chi connectivity index (χ4v) is 3.58. The number of hydrogen-bond acceptors (Lipinski definition) is 8. The Hall–Kier alpha value is -3.69. The second-order valence-corrected chi connectivity index (χ2v) is 7.84. The Kier molecular flexibility index (Phi) is 9.99. The molecule has 3 N–H and O–H groups in total. The molecule has 4 rings (SSSR count). The second-order valence-electron chi connectivity index (χ2n) is 7.84. The lowest BCUT2D eigenvalue weighted by molar-refractivity contribution is -0.193. The number of nitrogens with zero attached hydrogens (tertiary/aromatic N) is 4. The first-order chi connectivity index (χ1) is 17.2. The number of rotatable bonds is 5. The van der Waals surface area contributed by atoms with Gasteiger partial charge in [0.1, 0.15) is 11.4 Å². The van der Waals surface area contributed by atoms with Gasteiger partial charge >= 0.3 is 24.3 Å². The zero-order chi connectivity index (χ0) is 27.7. The summed E-state index contributed by atoms with van der Waals surface area (Å²) in [5.74, 6) is -3.19. The summed E-state index contributed by atoms with van der Waals surface area (Å²) in [5, 5.41) is 17.6. The van der Waals surface area contributed by atoms with Gasteiger partial charge in [-0.1, -0.05) is 6.07 Å². The van der Waals surface area contributed by atoms with Crippen LogP contribution in [0.3, 0.4) is 0 Å². The number of alkyl halides is 6. The molecule has 0 bridgehead atoms. The Morgan fingerprint density at radius 2 is 1.51 bits per heavy atom. The van der Waals surface area contributed by atoms with Crippen LogP contribution in [-0.2, 0) is 14.3 Å². The van der Waals surface area contributed by atoms with Gasteiger partial charge in [-0.05, 0) is 37.0 Å². The molecule has 1 unspecified atom stereocenters. The maximum absolute atomic E-state index is 10.6. The molecule has 2 aromatic heterocycles. The number of aliphatic carboxylic acids is 2. The summed E-state index contributed by atoms with van der Waals surface area (Å²) in [4.78, 5) is 32.9. The van der Waals surface area contributed by atoms with Crippen molar-refractivity contribution in [3.8, 4) is 0 Å². The van der Waals surface area contributed by atoms with E-state index in [0.29, 0.717) is 5.92 Å². The number of carbonyl (C=O) groups is 2. The molecule has 0 aliphatic carbocycles. The molecular weight excluding hydrogens is 516 g/mol. The predicted octanol–water partition coefficient (Wildman–Crippen LogP) is 3.24. The third kappa shape index (κ3) is 9.04. The van der Waals surface area contributed by atoms with Crippen LogP contribution in [0, 0.1) is 5.92 Å². The average molecular weight is 539 g/mol. The molecule has 37 heavy (non-hydrogen) atoms. The van der Waals surface area contributed by atoms with Crippen LogP contribution >= 0.6 is 0 Å². The van der Waals surface area contributed by atoms with Gasteiger partial charge in [-0.2, -0.15) is 26.3 Å². The fraction of sp³-hybridized carbons (Fsp3) is 0.476. The van der Waals surface area contributed by atoms with E-state index in [0.717, 1.165) is 50.8 Å². The number of aromatic nitrogens is 3. The summed E-state index contributed by atoms with van der Waals surface area (Å²) in [6.07, 6.45) is -2.55. The highest BCUT2D eigenvalue weighted by Gasteiger charge is 2.53. The van der Waals surface area contributed by atoms with Gasteiger partial charge in [0.25, 0.3) is 0 Å². The Morgan fingerprint density at radius 1 is 0.973 bits per heavy atom. The lowest BCUT2D eigenvalue weighted by atomic mass is 9.79. The molecule has 1 atom stereocenters. The van der Waals surface area contributed by atoms with Gasteiger partial charge in [0.2, 0.25) is 5.95 Å². The van der Waals surface area contributed by atoms with E-state index < -0.39 is 24.3 Å². The van der Waals surface area contributed by atoms with E-state index in [-0.39, 0.29) is 5.60 Å². The Morgan fingerprint density at radius 3 is 2.00 bits per heavy atom. The van der Waals surface area contributed by atoms with Crippen LogP contribution in [0.15, 0.2) is 42.9 Å². The van der Waals surface area contributed by atoms with Gasteiger partial charge in [0.05, 0.1) is 13.1 Å². The topological polar surface area (TPSA) is 138 Å². The van der Waals surface area contributed by atoms with Crippen LogP contribution in [0.2, 0.25) is 0 Å². The van der Waals surface area contributed by atoms with Crippen molar-refractivity contribution in [1.82, 2.24) is 15.0 Å². The maximum Gasteiger partial charge on any atom is 0.490 e. The Balaban J connectivity index is 0.000000286. The Labute approximate surface area is 206 Å². The number of hydrogen-bond donors (Lipinski definition) is 3. The number of anilines is 2. The minimum atomic E-state index is -5.08. The van der Waals surface area contributed by atoms with Gasteiger partial charge < -0.3 is 25.2 Å². The van der Waals surface area contributed by atoms with Gasteiger partial charge in [-0.25, -0.2) is 24.5 Å². The SMILES string of the molecule is O=C(O)C(F)(F)F.O=C(O)C(F)(F)F.c1ccc(NCCC2CCOC23CN(c2ncccn2)C3)nc1. The highest BCUT2D eigenvalue weighted by molar-refractivity contribution is 5.73. The largest absolute Gasteiger partial charge is 0.490 e. The Bertz CT molecular complexity index is 980. The van der Waals surface area contributed by atoms with Crippen molar-refractivity contribution in [2.24, 2.45) is 5.92 Å². The highest BCUT2D eigenvalue weighted by Crippen LogP contribution is 2.42. The first kappa shape index (κ1) is 29.5. The molecule has 2 saturated heterocycles. The van der Waals surface area contributed by atoms with Crippen LogP contribution in [0.4, 0.5) is 38.1 Å². The number of pyridine rings is 1. The van der Waals surface area contributed by atoms with Crippen molar-refractivity contribution in [1.29, 1.82) is 0 Å². The molecular formula is C21H23F6N5O5. The molecule has 2 aromatic rings. The van der Waals surface area contributed by atoms with E-state index >= 15 is 0 Å². The highest BCUT2D eigenvalue weighted by atomic mass is 19.4. The maximum atomic E-state index is 10.6. The van der Waals surface area contributed by atoms with Crippen molar-refractivity contribution in [2.75, 3.05) is 36.5 Å². The van der Waals surface area contributed by atoms with Gasteiger partial charge in [-0.15, -0.1) is 0 Å². The number of halogens is 6. The molecule has 2 fully saturated rings. The van der Waals surface area contributed by atoms with E-state index in [1.165, 1.54) is 0 Å². The summed E-state index contributed by atoms with van der Waals surface area (Å²) >= 11 is 0. The average Bonchev–Trinajstić information content (AvgIpc) is 3.23. The number of carboxylic acids is 2. The molecule has 2 aliphatic heterocycles. The zero-order valence-electron chi connectivity index (χ0n) is 19.0. The van der Waals surface area contributed by atoms with Crippen molar-refractivity contribution in [3.63, 3.8) is 0 Å². The van der Waals surface area contributed by atoms with Gasteiger partial charge in [-0.3, -0.25) is 0 Å². The van der Waals surface area contributed by atoms with Crippen LogP contribution in [-0.4, -0.2) is 81.3 Å². The summed E-state index contributed by atoms with van der Waals surface area (Å²) in [6, 6.07) is 7.77. The third-order valence-electron chi connectivity index (χ3n) is 5.30. The first-order valence-corrected chi connectivity index (χ1v) is 10.7. The standard InChI is InChI=1S/C17H21N5O.2C2HF3O2/c1-2-7-18-15(4-1)19-10-5-14-6-11-23-17(14)12-22(13-17)16-20-8-3-9-21-16;2*3-2(4,5)1(6)7/h1-4,7-9,14H,5-6,10-13H2,(H,18,19);2*(H,6,7). The first-order valence-electron chi connectivity index (χ1n) is 10.7. The molecule has 1 spiro atoms. The van der Waals surface area contributed by atoms with Crippen molar-refractivity contribution in [2.45, 2.75) is 30.8 Å². The zero-order valence-corrected chi connectivity index (χ0v) is 19.0. The molecule has 204 valence electrons. The number of ether oxygens (including phenoxy) is 1. The normalized spacial score (nSPS) is 18.0. The van der Waals surface area contributed by atoms with Crippen LogP contribution in [0.1, 0.15) is 12.8 Å². The molecule has 10 nitrogen and oxygen atoms in total. The molecule has 0 amide bonds. The van der Waals surface area contributed by atoms with E-state index in [1.807, 2.05) is 30.5 Å². The summed E-state index contributed by atoms with van der Waals surface area (Å²) in [5.41, 5.74) is -0.00893. The molecule has 4 heterocycles. The fourth-order valence-electron chi connectivity index (χ4n) is 3.58. The van der Waals surface area contributed by atoms with Gasteiger partial charge in [0.15, 0.2) is 0 Å². The minimum Gasteiger partial charge on any atom is -0.475 e. The second kappa shape index (κ2) is 12.5. The molecule has 0 saturated carbocycles. The van der Waals surface area contributed by atoms with E-state index in [4.69, 9.17) is 24.5 Å². The van der Waals surface area contributed by atoms with E-state index in [1.54, 1.807) is 12.4 Å². The van der Waals surface area contributed by atoms with E-state index in [9.17, 15) is 26.3 Å². The third-order valence-corrected chi connectivity index (χ3v) is 5.30. The minimum absolute atomic E-state index is 0.00893. The van der Waals surface area contributed by atoms with Gasteiger partial charge in [0, 0.05) is 31.7 Å². The summed E-state index contributed by atoms with van der Waals surface area (Å²) in [6.45, 7) is 3.57. The quantitative estimate of drug-likeness (QED) is 0.486.